The minimum atomic E-state index is 0.124. The maximum atomic E-state index is 13.2. The summed E-state index contributed by atoms with van der Waals surface area (Å²) in [4.78, 5) is 19.7. The molecule has 0 saturated carbocycles. The number of rotatable bonds is 5. The molecule has 0 aliphatic carbocycles. The number of aryl methyl sites for hydroxylation is 1. The number of hydrogen-bond donors (Lipinski definition) is 0. The number of piperidine rings is 1. The Morgan fingerprint density at radius 3 is 2.81 bits per heavy atom. The molecule has 5 nitrogen and oxygen atoms in total. The third-order valence-electron chi connectivity index (χ3n) is 5.39. The molecule has 0 radical (unpaired) electrons. The lowest BCUT2D eigenvalue weighted by atomic mass is 10.0. The second kappa shape index (κ2) is 7.82. The first-order valence-corrected chi connectivity index (χ1v) is 9.76. The standard InChI is InChI=1S/C22H26N4O/c1-2-21-23-12-15-26(21)19-10-6-14-25(17-19)22(27)20-11-7-13-24(20)16-18-8-4-3-5-9-18/h3-5,7-9,11-13,15,19H,2,6,10,14,16-17H2,1H3. The van der Waals surface area contributed by atoms with Crippen LogP contribution in [0.25, 0.3) is 0 Å². The fraction of sp³-hybridized carbons (Fsp3) is 0.364. The van der Waals surface area contributed by atoms with Gasteiger partial charge in [0.1, 0.15) is 11.5 Å². The number of aromatic nitrogens is 3. The molecule has 1 fully saturated rings. The summed E-state index contributed by atoms with van der Waals surface area (Å²) >= 11 is 0. The molecule has 27 heavy (non-hydrogen) atoms. The van der Waals surface area contributed by atoms with Gasteiger partial charge in [-0.25, -0.2) is 4.98 Å². The molecule has 140 valence electrons. The van der Waals surface area contributed by atoms with Crippen LogP contribution >= 0.6 is 0 Å². The van der Waals surface area contributed by atoms with E-state index in [4.69, 9.17) is 0 Å². The third-order valence-corrected chi connectivity index (χ3v) is 5.39. The molecule has 3 aromatic rings. The highest BCUT2D eigenvalue weighted by Gasteiger charge is 2.27. The van der Waals surface area contributed by atoms with Gasteiger partial charge in [-0.3, -0.25) is 4.79 Å². The molecule has 0 N–H and O–H groups in total. The molecule has 0 bridgehead atoms. The average molecular weight is 362 g/mol. The molecule has 1 amide bonds. The zero-order chi connectivity index (χ0) is 18.6. The van der Waals surface area contributed by atoms with Crippen LogP contribution in [-0.4, -0.2) is 38.0 Å². The summed E-state index contributed by atoms with van der Waals surface area (Å²) in [5.41, 5.74) is 1.96. The molecule has 1 saturated heterocycles. The lowest BCUT2D eigenvalue weighted by Gasteiger charge is -2.34. The highest BCUT2D eigenvalue weighted by atomic mass is 16.2. The number of carbonyl (C=O) groups excluding carboxylic acids is 1. The minimum Gasteiger partial charge on any atom is -0.339 e. The Hall–Kier alpha value is -2.82. The first kappa shape index (κ1) is 17.6. The zero-order valence-electron chi connectivity index (χ0n) is 15.8. The molecule has 1 aliphatic rings. The second-order valence-electron chi connectivity index (χ2n) is 7.16. The quantitative estimate of drug-likeness (QED) is 0.693. The molecule has 1 aliphatic heterocycles. The van der Waals surface area contributed by atoms with Crippen molar-refractivity contribution in [2.45, 2.75) is 38.8 Å². The fourth-order valence-electron chi connectivity index (χ4n) is 4.00. The van der Waals surface area contributed by atoms with Crippen LogP contribution in [0.15, 0.2) is 61.1 Å². The van der Waals surface area contributed by atoms with E-state index in [1.165, 1.54) is 5.56 Å². The number of benzene rings is 1. The smallest absolute Gasteiger partial charge is 0.270 e. The minimum absolute atomic E-state index is 0.124. The lowest BCUT2D eigenvalue weighted by molar-refractivity contribution is 0.0667. The van der Waals surface area contributed by atoms with Crippen molar-refractivity contribution in [3.63, 3.8) is 0 Å². The molecule has 1 unspecified atom stereocenters. The average Bonchev–Trinajstić information content (AvgIpc) is 3.37. The Morgan fingerprint density at radius 2 is 2.00 bits per heavy atom. The first-order chi connectivity index (χ1) is 13.3. The summed E-state index contributed by atoms with van der Waals surface area (Å²) in [6.07, 6.45) is 8.94. The molecule has 3 heterocycles. The number of nitrogens with zero attached hydrogens (tertiary/aromatic N) is 4. The van der Waals surface area contributed by atoms with Crippen LogP contribution in [0.1, 0.15) is 47.7 Å². The van der Waals surface area contributed by atoms with Gasteiger partial charge in [-0.1, -0.05) is 37.3 Å². The van der Waals surface area contributed by atoms with Crippen molar-refractivity contribution in [3.05, 3.63) is 78.1 Å². The predicted octanol–water partition coefficient (Wildman–Crippen LogP) is 3.77. The van der Waals surface area contributed by atoms with Crippen LogP contribution in [0.5, 0.6) is 0 Å². The molecule has 4 rings (SSSR count). The van der Waals surface area contributed by atoms with Gasteiger partial charge in [0.25, 0.3) is 5.91 Å². The maximum Gasteiger partial charge on any atom is 0.270 e. The third kappa shape index (κ3) is 3.68. The van der Waals surface area contributed by atoms with Crippen LogP contribution in [0.2, 0.25) is 0 Å². The van der Waals surface area contributed by atoms with Crippen molar-refractivity contribution in [2.24, 2.45) is 0 Å². The number of likely N-dealkylation sites (tertiary alicyclic amines) is 1. The van der Waals surface area contributed by atoms with Crippen LogP contribution < -0.4 is 0 Å². The lowest BCUT2D eigenvalue weighted by Crippen LogP contribution is -2.41. The first-order valence-electron chi connectivity index (χ1n) is 9.76. The van der Waals surface area contributed by atoms with E-state index in [2.05, 4.69) is 39.4 Å². The Kier molecular flexibility index (Phi) is 5.10. The molecule has 0 spiro atoms. The highest BCUT2D eigenvalue weighted by molar-refractivity contribution is 5.92. The van der Waals surface area contributed by atoms with Crippen molar-refractivity contribution in [1.82, 2.24) is 19.0 Å². The molecular formula is C22H26N4O. The van der Waals surface area contributed by atoms with Crippen molar-refractivity contribution < 1.29 is 4.79 Å². The van der Waals surface area contributed by atoms with E-state index in [-0.39, 0.29) is 5.91 Å². The van der Waals surface area contributed by atoms with E-state index in [1.807, 2.05) is 47.6 Å². The number of hydrogen-bond acceptors (Lipinski definition) is 2. The van der Waals surface area contributed by atoms with Crippen LogP contribution in [-0.2, 0) is 13.0 Å². The van der Waals surface area contributed by atoms with Crippen LogP contribution in [0.3, 0.4) is 0 Å². The molecule has 5 heteroatoms. The molecule has 1 atom stereocenters. The topological polar surface area (TPSA) is 43.1 Å². The Balaban J connectivity index is 1.51. The molecular weight excluding hydrogens is 336 g/mol. The van der Waals surface area contributed by atoms with E-state index >= 15 is 0 Å². The predicted molar refractivity (Wildman–Crippen MR) is 106 cm³/mol. The van der Waals surface area contributed by atoms with Crippen molar-refractivity contribution in [2.75, 3.05) is 13.1 Å². The van der Waals surface area contributed by atoms with Crippen LogP contribution in [0.4, 0.5) is 0 Å². The SMILES string of the molecule is CCc1nccn1C1CCCN(C(=O)c2cccn2Cc2ccccc2)C1. The van der Waals surface area contributed by atoms with E-state index in [1.54, 1.807) is 0 Å². The Morgan fingerprint density at radius 1 is 1.15 bits per heavy atom. The number of imidazole rings is 1. The summed E-state index contributed by atoms with van der Waals surface area (Å²) in [5.74, 6) is 1.22. The van der Waals surface area contributed by atoms with Gasteiger partial charge in [-0.15, -0.1) is 0 Å². The number of amides is 1. The summed E-state index contributed by atoms with van der Waals surface area (Å²) in [6.45, 7) is 4.41. The van der Waals surface area contributed by atoms with E-state index in [9.17, 15) is 4.79 Å². The normalized spacial score (nSPS) is 17.2. The fourth-order valence-corrected chi connectivity index (χ4v) is 4.00. The Bertz CT molecular complexity index is 896. The van der Waals surface area contributed by atoms with Crippen LogP contribution in [0, 0.1) is 0 Å². The van der Waals surface area contributed by atoms with Crippen molar-refractivity contribution in [1.29, 1.82) is 0 Å². The van der Waals surface area contributed by atoms with Gasteiger partial charge in [-0.2, -0.15) is 0 Å². The van der Waals surface area contributed by atoms with E-state index < -0.39 is 0 Å². The van der Waals surface area contributed by atoms with Gasteiger partial charge < -0.3 is 14.0 Å². The highest BCUT2D eigenvalue weighted by Crippen LogP contribution is 2.24. The summed E-state index contributed by atoms with van der Waals surface area (Å²) in [6, 6.07) is 14.5. The monoisotopic (exact) mass is 362 g/mol. The second-order valence-corrected chi connectivity index (χ2v) is 7.16. The van der Waals surface area contributed by atoms with E-state index in [0.29, 0.717) is 12.6 Å². The van der Waals surface area contributed by atoms with Crippen molar-refractivity contribution >= 4 is 5.91 Å². The van der Waals surface area contributed by atoms with Gasteiger partial charge >= 0.3 is 0 Å². The zero-order valence-corrected chi connectivity index (χ0v) is 15.8. The molecule has 1 aromatic carbocycles. The van der Waals surface area contributed by atoms with Gasteiger partial charge in [0.05, 0.1) is 6.04 Å². The summed E-state index contributed by atoms with van der Waals surface area (Å²) in [7, 11) is 0. The van der Waals surface area contributed by atoms with Gasteiger partial charge in [-0.05, 0) is 30.5 Å². The van der Waals surface area contributed by atoms with Gasteiger partial charge in [0.15, 0.2) is 0 Å². The maximum absolute atomic E-state index is 13.2. The summed E-state index contributed by atoms with van der Waals surface area (Å²) < 4.78 is 4.30. The number of carbonyl (C=O) groups is 1. The largest absolute Gasteiger partial charge is 0.339 e. The van der Waals surface area contributed by atoms with E-state index in [0.717, 1.165) is 43.9 Å². The molecule has 2 aromatic heterocycles. The van der Waals surface area contributed by atoms with Crippen molar-refractivity contribution in [3.8, 4) is 0 Å². The Labute approximate surface area is 160 Å². The summed E-state index contributed by atoms with van der Waals surface area (Å²) in [5, 5.41) is 0. The van der Waals surface area contributed by atoms with Gasteiger partial charge in [0.2, 0.25) is 0 Å². The van der Waals surface area contributed by atoms with Gasteiger partial charge in [0, 0.05) is 44.6 Å².